The fourth-order valence-corrected chi connectivity index (χ4v) is 2.04. The minimum atomic E-state index is -4.13. The van der Waals surface area contributed by atoms with Gasteiger partial charge in [0.05, 0.1) is 4.90 Å². The first-order chi connectivity index (χ1) is 8.55. The number of nitrogens with two attached hydrogens (primary N) is 1. The van der Waals surface area contributed by atoms with Gasteiger partial charge >= 0.3 is 0 Å². The average Bonchev–Trinajstić information content (AvgIpc) is 2.40. The molecule has 4 nitrogen and oxygen atoms in total. The van der Waals surface area contributed by atoms with Gasteiger partial charge in [-0.2, -0.15) is 8.42 Å². The molecule has 5 heteroatoms. The molecule has 0 saturated heterocycles. The van der Waals surface area contributed by atoms with Gasteiger partial charge in [-0.3, -0.25) is 4.55 Å². The molecule has 0 radical (unpaired) electrons. The van der Waals surface area contributed by atoms with E-state index in [0.717, 1.165) is 0 Å². The predicted octanol–water partition coefficient (Wildman–Crippen LogP) is 2.08. The second kappa shape index (κ2) is 6.90. The van der Waals surface area contributed by atoms with Crippen LogP contribution in [0.15, 0.2) is 65.6 Å². The van der Waals surface area contributed by atoms with Crippen LogP contribution in [0.2, 0.25) is 0 Å². The maximum absolute atomic E-state index is 10.7. The van der Waals surface area contributed by atoms with Gasteiger partial charge in [0.2, 0.25) is 0 Å². The van der Waals surface area contributed by atoms with E-state index in [4.69, 9.17) is 10.3 Å². The minimum Gasteiger partial charge on any atom is -0.326 e. The first-order valence-electron chi connectivity index (χ1n) is 5.31. The maximum Gasteiger partial charge on any atom is 0.294 e. The summed E-state index contributed by atoms with van der Waals surface area (Å²) in [6.07, 6.45) is 0. The van der Waals surface area contributed by atoms with Crippen LogP contribution in [0.1, 0.15) is 5.56 Å². The van der Waals surface area contributed by atoms with E-state index in [0.29, 0.717) is 5.56 Å². The molecule has 3 N–H and O–H groups in total. The standard InChI is InChI=1S/C7H9NO3S.C6H6/c8-5-6-3-1-2-4-7(6)12(9,10)11;1-2-4-6-5-3-1/h1-4H,5,8H2,(H,9,10,11);1-6H. The molecule has 0 aliphatic rings. The number of benzene rings is 2. The van der Waals surface area contributed by atoms with Gasteiger partial charge in [-0.15, -0.1) is 0 Å². The molecule has 2 rings (SSSR count). The highest BCUT2D eigenvalue weighted by molar-refractivity contribution is 7.85. The SMILES string of the molecule is NCc1ccccc1S(=O)(=O)O.c1ccccc1. The molecule has 0 heterocycles. The Morgan fingerprint density at radius 3 is 1.67 bits per heavy atom. The van der Waals surface area contributed by atoms with Crippen LogP contribution in [-0.4, -0.2) is 13.0 Å². The van der Waals surface area contributed by atoms with Crippen molar-refractivity contribution in [1.29, 1.82) is 0 Å². The van der Waals surface area contributed by atoms with Crippen molar-refractivity contribution in [2.24, 2.45) is 5.73 Å². The van der Waals surface area contributed by atoms with E-state index in [9.17, 15) is 8.42 Å². The van der Waals surface area contributed by atoms with Crippen LogP contribution in [0.3, 0.4) is 0 Å². The third-order valence-electron chi connectivity index (χ3n) is 2.14. The molecule has 0 atom stereocenters. The summed E-state index contributed by atoms with van der Waals surface area (Å²) in [5.74, 6) is 0. The zero-order chi connectivity index (χ0) is 13.4. The Kier molecular flexibility index (Phi) is 5.51. The molecule has 0 amide bonds. The third kappa shape index (κ3) is 4.67. The summed E-state index contributed by atoms with van der Waals surface area (Å²) in [5, 5.41) is 0. The molecule has 0 aromatic heterocycles. The zero-order valence-electron chi connectivity index (χ0n) is 9.73. The third-order valence-corrected chi connectivity index (χ3v) is 3.09. The molecular weight excluding hydrogens is 250 g/mol. The van der Waals surface area contributed by atoms with Gasteiger partial charge in [-0.05, 0) is 11.6 Å². The highest BCUT2D eigenvalue weighted by atomic mass is 32.2. The lowest BCUT2D eigenvalue weighted by Crippen LogP contribution is -2.06. The van der Waals surface area contributed by atoms with Crippen LogP contribution in [0.5, 0.6) is 0 Å². The second-order valence-corrected chi connectivity index (χ2v) is 4.83. The summed E-state index contributed by atoms with van der Waals surface area (Å²) in [6, 6.07) is 18.1. The molecule has 96 valence electrons. The van der Waals surface area contributed by atoms with E-state index in [2.05, 4.69) is 0 Å². The maximum atomic E-state index is 10.7. The normalized spacial score (nSPS) is 10.3. The molecule has 0 fully saturated rings. The monoisotopic (exact) mass is 265 g/mol. The number of hydrogen-bond donors (Lipinski definition) is 2. The highest BCUT2D eigenvalue weighted by Crippen LogP contribution is 2.13. The topological polar surface area (TPSA) is 80.4 Å². The van der Waals surface area contributed by atoms with Crippen molar-refractivity contribution in [1.82, 2.24) is 0 Å². The van der Waals surface area contributed by atoms with E-state index < -0.39 is 10.1 Å². The smallest absolute Gasteiger partial charge is 0.294 e. The van der Waals surface area contributed by atoms with Crippen molar-refractivity contribution >= 4 is 10.1 Å². The van der Waals surface area contributed by atoms with Crippen molar-refractivity contribution in [3.63, 3.8) is 0 Å². The van der Waals surface area contributed by atoms with Gasteiger partial charge in [-0.1, -0.05) is 54.6 Å². The molecule has 0 aliphatic carbocycles. The molecule has 2 aromatic carbocycles. The summed E-state index contributed by atoms with van der Waals surface area (Å²) in [4.78, 5) is -0.118. The Morgan fingerprint density at radius 2 is 1.33 bits per heavy atom. The van der Waals surface area contributed by atoms with Gasteiger partial charge in [0.15, 0.2) is 0 Å². The average molecular weight is 265 g/mol. The van der Waals surface area contributed by atoms with Gasteiger partial charge in [0.1, 0.15) is 0 Å². The lowest BCUT2D eigenvalue weighted by Gasteiger charge is -2.02. The zero-order valence-corrected chi connectivity index (χ0v) is 10.5. The molecule has 18 heavy (non-hydrogen) atoms. The predicted molar refractivity (Wildman–Crippen MR) is 70.6 cm³/mol. The van der Waals surface area contributed by atoms with Crippen LogP contribution in [0.25, 0.3) is 0 Å². The van der Waals surface area contributed by atoms with Gasteiger partial charge < -0.3 is 5.73 Å². The molecule has 0 spiro atoms. The number of hydrogen-bond acceptors (Lipinski definition) is 3. The van der Waals surface area contributed by atoms with Gasteiger partial charge in [0, 0.05) is 6.54 Å². The van der Waals surface area contributed by atoms with Crippen molar-refractivity contribution < 1.29 is 13.0 Å². The minimum absolute atomic E-state index is 0.0932. The summed E-state index contributed by atoms with van der Waals surface area (Å²) in [6.45, 7) is 0.0932. The van der Waals surface area contributed by atoms with Crippen molar-refractivity contribution in [2.45, 2.75) is 11.4 Å². The van der Waals surface area contributed by atoms with Gasteiger partial charge in [-0.25, -0.2) is 0 Å². The van der Waals surface area contributed by atoms with Crippen LogP contribution >= 0.6 is 0 Å². The summed E-state index contributed by atoms with van der Waals surface area (Å²) in [5.41, 5.74) is 5.69. The quantitative estimate of drug-likeness (QED) is 0.815. The van der Waals surface area contributed by atoms with Crippen molar-refractivity contribution in [2.75, 3.05) is 0 Å². The van der Waals surface area contributed by atoms with E-state index in [-0.39, 0.29) is 11.4 Å². The summed E-state index contributed by atoms with van der Waals surface area (Å²) >= 11 is 0. The van der Waals surface area contributed by atoms with Crippen LogP contribution in [0.4, 0.5) is 0 Å². The lowest BCUT2D eigenvalue weighted by molar-refractivity contribution is 0.482. The molecule has 2 aromatic rings. The Bertz CT molecular complexity index is 541. The Hall–Kier alpha value is -1.69. The molecule has 0 unspecified atom stereocenters. The largest absolute Gasteiger partial charge is 0.326 e. The Morgan fingerprint density at radius 1 is 0.889 bits per heavy atom. The van der Waals surface area contributed by atoms with E-state index in [1.165, 1.54) is 12.1 Å². The molecule has 0 aliphatic heterocycles. The summed E-state index contributed by atoms with van der Waals surface area (Å²) in [7, 11) is -4.13. The van der Waals surface area contributed by atoms with Crippen LogP contribution < -0.4 is 5.73 Å². The Labute approximate surface area is 107 Å². The first-order valence-corrected chi connectivity index (χ1v) is 6.75. The van der Waals surface area contributed by atoms with Crippen molar-refractivity contribution in [3.8, 4) is 0 Å². The first kappa shape index (κ1) is 14.4. The van der Waals surface area contributed by atoms with E-state index >= 15 is 0 Å². The van der Waals surface area contributed by atoms with E-state index in [1.807, 2.05) is 36.4 Å². The number of rotatable bonds is 2. The van der Waals surface area contributed by atoms with Crippen LogP contribution in [-0.2, 0) is 16.7 Å². The fraction of sp³-hybridized carbons (Fsp3) is 0.0769. The van der Waals surface area contributed by atoms with E-state index in [1.54, 1.807) is 12.1 Å². The van der Waals surface area contributed by atoms with Crippen molar-refractivity contribution in [3.05, 3.63) is 66.2 Å². The highest BCUT2D eigenvalue weighted by Gasteiger charge is 2.12. The second-order valence-electron chi connectivity index (χ2n) is 3.44. The molecule has 0 bridgehead atoms. The summed E-state index contributed by atoms with van der Waals surface area (Å²) < 4.78 is 30.1. The Balaban J connectivity index is 0.000000225. The molecule has 0 saturated carbocycles. The van der Waals surface area contributed by atoms with Crippen LogP contribution in [0, 0.1) is 0 Å². The van der Waals surface area contributed by atoms with Gasteiger partial charge in [0.25, 0.3) is 10.1 Å². The fourth-order valence-electron chi connectivity index (χ4n) is 1.31. The lowest BCUT2D eigenvalue weighted by atomic mass is 10.2. The molecular formula is C13H15NO3S.